The molecule has 1 fully saturated rings. The fourth-order valence-corrected chi connectivity index (χ4v) is 2.68. The molecule has 0 aromatic carbocycles. The van der Waals surface area contributed by atoms with Crippen molar-refractivity contribution in [3.63, 3.8) is 0 Å². The van der Waals surface area contributed by atoms with Gasteiger partial charge in [-0.2, -0.15) is 0 Å². The van der Waals surface area contributed by atoms with E-state index in [9.17, 15) is 17.6 Å². The van der Waals surface area contributed by atoms with Crippen LogP contribution in [0, 0.1) is 11.8 Å². The highest BCUT2D eigenvalue weighted by molar-refractivity contribution is 4.86. The lowest BCUT2D eigenvalue weighted by molar-refractivity contribution is -0.102. The van der Waals surface area contributed by atoms with Crippen LogP contribution in [0.3, 0.4) is 0 Å². The molecule has 1 aliphatic rings. The van der Waals surface area contributed by atoms with Crippen LogP contribution in [0.2, 0.25) is 0 Å². The van der Waals surface area contributed by atoms with Crippen molar-refractivity contribution < 1.29 is 17.6 Å². The van der Waals surface area contributed by atoms with Crippen LogP contribution in [0.5, 0.6) is 0 Å². The summed E-state index contributed by atoms with van der Waals surface area (Å²) >= 11 is 0. The topological polar surface area (TPSA) is 0 Å². The van der Waals surface area contributed by atoms with Crippen LogP contribution in [0.15, 0.2) is 0 Å². The third kappa shape index (κ3) is 10.1. The second kappa shape index (κ2) is 11.3. The Balaban J connectivity index is 0. The first kappa shape index (κ1) is 23.0. The molecular formula is C17H34F4. The second-order valence-corrected chi connectivity index (χ2v) is 5.75. The highest BCUT2D eigenvalue weighted by Crippen LogP contribution is 2.44. The van der Waals surface area contributed by atoms with Gasteiger partial charge >= 0.3 is 0 Å². The van der Waals surface area contributed by atoms with Gasteiger partial charge in [0.25, 0.3) is 0 Å². The molecule has 130 valence electrons. The maximum Gasteiger partial charge on any atom is 0.248 e. The zero-order valence-electron chi connectivity index (χ0n) is 14.6. The van der Waals surface area contributed by atoms with E-state index in [2.05, 4.69) is 13.8 Å². The molecular weight excluding hydrogens is 280 g/mol. The van der Waals surface area contributed by atoms with Gasteiger partial charge in [-0.1, -0.05) is 47.5 Å². The Labute approximate surface area is 128 Å². The van der Waals surface area contributed by atoms with Crippen molar-refractivity contribution >= 4 is 0 Å². The predicted molar refractivity (Wildman–Crippen MR) is 83.2 cm³/mol. The maximum atomic E-state index is 13.4. The number of hydrogen-bond acceptors (Lipinski definition) is 0. The number of halogens is 4. The smallest absolute Gasteiger partial charge is 0.207 e. The van der Waals surface area contributed by atoms with Crippen molar-refractivity contribution in [3.8, 4) is 0 Å². The standard InChI is InChI=1S/C12H20F4.C3H8.C2H6/c1-3-4-10(11(2,13)14)9-5-7-12(15,16)8-6-9;1-3-2;1-2/h9-10H,3-8H2,1-2H3;3H2,1-2H3;1-2H3. The van der Waals surface area contributed by atoms with Gasteiger partial charge in [-0.15, -0.1) is 0 Å². The zero-order valence-corrected chi connectivity index (χ0v) is 14.6. The fraction of sp³-hybridized carbons (Fsp3) is 1.00. The van der Waals surface area contributed by atoms with E-state index >= 15 is 0 Å². The maximum absolute atomic E-state index is 13.4. The van der Waals surface area contributed by atoms with Gasteiger partial charge in [0.2, 0.25) is 11.8 Å². The van der Waals surface area contributed by atoms with E-state index in [0.29, 0.717) is 12.8 Å². The Morgan fingerprint density at radius 2 is 1.43 bits per heavy atom. The fourth-order valence-electron chi connectivity index (χ4n) is 2.68. The van der Waals surface area contributed by atoms with Gasteiger partial charge in [0, 0.05) is 18.8 Å². The van der Waals surface area contributed by atoms with Crippen molar-refractivity contribution in [1.29, 1.82) is 0 Å². The average Bonchev–Trinajstić information content (AvgIpc) is 2.39. The van der Waals surface area contributed by atoms with E-state index < -0.39 is 17.8 Å². The highest BCUT2D eigenvalue weighted by atomic mass is 19.3. The number of alkyl halides is 4. The molecule has 0 amide bonds. The van der Waals surface area contributed by atoms with Crippen molar-refractivity contribution in [2.75, 3.05) is 0 Å². The molecule has 0 spiro atoms. The summed E-state index contributed by atoms with van der Waals surface area (Å²) in [6.45, 7) is 11.0. The van der Waals surface area contributed by atoms with Gasteiger partial charge < -0.3 is 0 Å². The summed E-state index contributed by atoms with van der Waals surface area (Å²) < 4.78 is 52.6. The SMILES string of the molecule is CC.CCC.CCCC(C1CCC(F)(F)CC1)C(C)(F)F. The summed E-state index contributed by atoms with van der Waals surface area (Å²) in [6.07, 6.45) is 2.38. The monoisotopic (exact) mass is 314 g/mol. The summed E-state index contributed by atoms with van der Waals surface area (Å²) in [5.74, 6) is -6.34. The van der Waals surface area contributed by atoms with Crippen LogP contribution < -0.4 is 0 Å². The molecule has 1 unspecified atom stereocenters. The highest BCUT2D eigenvalue weighted by Gasteiger charge is 2.44. The average molecular weight is 314 g/mol. The Hall–Kier alpha value is -0.280. The molecule has 0 aromatic rings. The summed E-state index contributed by atoms with van der Waals surface area (Å²) in [5.41, 5.74) is 0. The molecule has 1 aliphatic carbocycles. The van der Waals surface area contributed by atoms with Gasteiger partial charge in [0.05, 0.1) is 0 Å². The van der Waals surface area contributed by atoms with E-state index in [4.69, 9.17) is 0 Å². The third-order valence-corrected chi connectivity index (χ3v) is 3.58. The van der Waals surface area contributed by atoms with E-state index in [1.165, 1.54) is 6.42 Å². The van der Waals surface area contributed by atoms with Crippen molar-refractivity contribution in [2.24, 2.45) is 11.8 Å². The molecule has 0 N–H and O–H groups in total. The zero-order chi connectivity index (χ0) is 17.1. The van der Waals surface area contributed by atoms with E-state index in [1.54, 1.807) is 0 Å². The van der Waals surface area contributed by atoms with Crippen LogP contribution in [0.4, 0.5) is 17.6 Å². The molecule has 1 saturated carbocycles. The van der Waals surface area contributed by atoms with Crippen LogP contribution in [-0.2, 0) is 0 Å². The minimum Gasteiger partial charge on any atom is -0.207 e. The van der Waals surface area contributed by atoms with Gasteiger partial charge in [0.15, 0.2) is 0 Å². The molecule has 1 atom stereocenters. The molecule has 0 saturated heterocycles. The van der Waals surface area contributed by atoms with Gasteiger partial charge in [-0.3, -0.25) is 0 Å². The van der Waals surface area contributed by atoms with Crippen LogP contribution in [0.1, 0.15) is 86.5 Å². The van der Waals surface area contributed by atoms with Crippen molar-refractivity contribution in [3.05, 3.63) is 0 Å². The molecule has 0 heterocycles. The first-order valence-corrected chi connectivity index (χ1v) is 8.43. The molecule has 0 aliphatic heterocycles. The molecule has 0 aromatic heterocycles. The second-order valence-electron chi connectivity index (χ2n) is 5.75. The largest absolute Gasteiger partial charge is 0.248 e. The van der Waals surface area contributed by atoms with Gasteiger partial charge in [-0.25, -0.2) is 17.6 Å². The number of rotatable bonds is 4. The third-order valence-electron chi connectivity index (χ3n) is 3.58. The van der Waals surface area contributed by atoms with E-state index in [1.807, 2.05) is 20.8 Å². The first-order chi connectivity index (χ1) is 9.68. The number of hydrogen-bond donors (Lipinski definition) is 0. The molecule has 0 bridgehead atoms. The molecule has 21 heavy (non-hydrogen) atoms. The summed E-state index contributed by atoms with van der Waals surface area (Å²) in [4.78, 5) is 0. The van der Waals surface area contributed by atoms with Crippen molar-refractivity contribution in [1.82, 2.24) is 0 Å². The Kier molecular flexibility index (Phi) is 12.4. The Bertz CT molecular complexity index is 223. The van der Waals surface area contributed by atoms with Crippen LogP contribution >= 0.6 is 0 Å². The lowest BCUT2D eigenvalue weighted by Crippen LogP contribution is -2.36. The first-order valence-electron chi connectivity index (χ1n) is 8.43. The minimum atomic E-state index is -2.74. The molecule has 0 radical (unpaired) electrons. The summed E-state index contributed by atoms with van der Waals surface area (Å²) in [6, 6.07) is 0. The quantitative estimate of drug-likeness (QED) is 0.477. The molecule has 1 rings (SSSR count). The Morgan fingerprint density at radius 1 is 1.05 bits per heavy atom. The van der Waals surface area contributed by atoms with Crippen LogP contribution in [0.25, 0.3) is 0 Å². The van der Waals surface area contributed by atoms with Crippen LogP contribution in [-0.4, -0.2) is 11.8 Å². The molecule has 0 nitrogen and oxygen atoms in total. The Morgan fingerprint density at radius 3 is 1.71 bits per heavy atom. The predicted octanol–water partition coefficient (Wildman–Crippen LogP) is 7.33. The lowest BCUT2D eigenvalue weighted by Gasteiger charge is -2.36. The van der Waals surface area contributed by atoms with E-state index in [0.717, 1.165) is 6.92 Å². The summed E-state index contributed by atoms with van der Waals surface area (Å²) in [7, 11) is 0. The lowest BCUT2D eigenvalue weighted by atomic mass is 9.74. The van der Waals surface area contributed by atoms with Gasteiger partial charge in [-0.05, 0) is 32.1 Å². The van der Waals surface area contributed by atoms with E-state index in [-0.39, 0.29) is 31.6 Å². The summed E-state index contributed by atoms with van der Waals surface area (Å²) in [5, 5.41) is 0. The van der Waals surface area contributed by atoms with Crippen molar-refractivity contribution in [2.45, 2.75) is 98.3 Å². The van der Waals surface area contributed by atoms with Gasteiger partial charge in [0.1, 0.15) is 0 Å². The normalized spacial score (nSPS) is 19.7. The minimum absolute atomic E-state index is 0.228. The molecule has 4 heteroatoms.